The van der Waals surface area contributed by atoms with Crippen LogP contribution in [0.4, 0.5) is 13.6 Å². The minimum atomic E-state index is -1.14. The zero-order chi connectivity index (χ0) is 23.5. The highest BCUT2D eigenvalue weighted by atomic mass is 19.1. The fourth-order valence-corrected chi connectivity index (χ4v) is 4.55. The number of alkyl halides is 1. The van der Waals surface area contributed by atoms with E-state index in [1.54, 1.807) is 15.9 Å². The highest BCUT2D eigenvalue weighted by Crippen LogP contribution is 2.29. The number of amides is 2. The molecule has 0 saturated carbocycles. The molecule has 2 aromatic rings. The summed E-state index contributed by atoms with van der Waals surface area (Å²) in [7, 11) is 1.89. The summed E-state index contributed by atoms with van der Waals surface area (Å²) in [6, 6.07) is 11.6. The molecule has 0 spiro atoms. The minimum absolute atomic E-state index is 0.205. The second-order valence-corrected chi connectivity index (χ2v) is 9.66. The van der Waals surface area contributed by atoms with Crippen LogP contribution in [0.25, 0.3) is 0 Å². The lowest BCUT2D eigenvalue weighted by Crippen LogP contribution is -2.55. The Bertz CT molecular complexity index is 967. The SMILES string of the molecule is CC(C)COc1ccc(CN2Cc3ccc(F)cc3CN([C@H]3CCN(C)C[C@@H]3F)C2=O)cc1. The van der Waals surface area contributed by atoms with Crippen LogP contribution in [0.15, 0.2) is 42.5 Å². The van der Waals surface area contributed by atoms with Crippen molar-refractivity contribution in [1.82, 2.24) is 14.7 Å². The molecule has 0 bridgehead atoms. The number of fused-ring (bicyclic) bond motifs is 1. The molecular formula is C26H33F2N3O2. The lowest BCUT2D eigenvalue weighted by molar-refractivity contribution is 0.0461. The number of benzene rings is 2. The number of ether oxygens (including phenoxy) is 1. The summed E-state index contributed by atoms with van der Waals surface area (Å²) in [5.74, 6) is 0.893. The number of hydrogen-bond acceptors (Lipinski definition) is 3. The Morgan fingerprint density at radius 1 is 1.09 bits per heavy atom. The highest BCUT2D eigenvalue weighted by Gasteiger charge is 2.38. The molecule has 2 aliphatic heterocycles. The zero-order valence-electron chi connectivity index (χ0n) is 19.6. The van der Waals surface area contributed by atoms with Crippen LogP contribution < -0.4 is 4.74 Å². The van der Waals surface area contributed by atoms with E-state index in [1.807, 2.05) is 36.2 Å². The summed E-state index contributed by atoms with van der Waals surface area (Å²) in [6.45, 7) is 6.83. The number of rotatable bonds is 6. The Morgan fingerprint density at radius 2 is 1.85 bits per heavy atom. The third kappa shape index (κ3) is 5.64. The Balaban J connectivity index is 1.57. The van der Waals surface area contributed by atoms with Crippen LogP contribution in [-0.4, -0.2) is 59.7 Å². The van der Waals surface area contributed by atoms with Gasteiger partial charge in [-0.05, 0) is 60.3 Å². The lowest BCUT2D eigenvalue weighted by atomic mass is 10.0. The van der Waals surface area contributed by atoms with E-state index in [1.165, 1.54) is 12.1 Å². The first-order chi connectivity index (χ1) is 15.8. The predicted molar refractivity (Wildman–Crippen MR) is 124 cm³/mol. The van der Waals surface area contributed by atoms with Crippen LogP contribution >= 0.6 is 0 Å². The van der Waals surface area contributed by atoms with E-state index in [2.05, 4.69) is 13.8 Å². The van der Waals surface area contributed by atoms with Crippen molar-refractivity contribution >= 4 is 6.03 Å². The van der Waals surface area contributed by atoms with Gasteiger partial charge in [-0.1, -0.05) is 32.0 Å². The second kappa shape index (κ2) is 10.1. The van der Waals surface area contributed by atoms with Gasteiger partial charge in [0.25, 0.3) is 0 Å². The van der Waals surface area contributed by atoms with Gasteiger partial charge >= 0.3 is 6.03 Å². The third-order valence-electron chi connectivity index (χ3n) is 6.38. The van der Waals surface area contributed by atoms with E-state index in [0.717, 1.165) is 29.0 Å². The topological polar surface area (TPSA) is 36.0 Å². The van der Waals surface area contributed by atoms with Gasteiger partial charge in [-0.3, -0.25) is 0 Å². The van der Waals surface area contributed by atoms with Gasteiger partial charge in [-0.2, -0.15) is 0 Å². The first-order valence-corrected chi connectivity index (χ1v) is 11.7. The molecule has 5 nitrogen and oxygen atoms in total. The van der Waals surface area contributed by atoms with Crippen molar-refractivity contribution in [2.75, 3.05) is 26.7 Å². The molecule has 2 aliphatic rings. The van der Waals surface area contributed by atoms with Crippen LogP contribution in [0.1, 0.15) is 37.0 Å². The van der Waals surface area contributed by atoms with Gasteiger partial charge < -0.3 is 19.4 Å². The number of carbonyl (C=O) groups is 1. The average molecular weight is 458 g/mol. The number of urea groups is 1. The van der Waals surface area contributed by atoms with Gasteiger partial charge in [-0.25, -0.2) is 13.6 Å². The van der Waals surface area contributed by atoms with Gasteiger partial charge in [0.1, 0.15) is 17.7 Å². The molecule has 0 radical (unpaired) electrons. The summed E-state index contributed by atoms with van der Waals surface area (Å²) >= 11 is 0. The van der Waals surface area contributed by atoms with Crippen molar-refractivity contribution in [2.24, 2.45) is 5.92 Å². The van der Waals surface area contributed by atoms with Gasteiger partial charge in [-0.15, -0.1) is 0 Å². The normalized spacial score (nSPS) is 21.8. The van der Waals surface area contributed by atoms with Crippen molar-refractivity contribution < 1.29 is 18.3 Å². The molecule has 178 valence electrons. The van der Waals surface area contributed by atoms with Gasteiger partial charge in [0, 0.05) is 32.7 Å². The molecule has 7 heteroatoms. The first kappa shape index (κ1) is 23.5. The monoisotopic (exact) mass is 457 g/mol. The molecule has 0 aromatic heterocycles. The summed E-state index contributed by atoms with van der Waals surface area (Å²) in [6.07, 6.45) is -0.578. The molecule has 2 atom stereocenters. The van der Waals surface area contributed by atoms with Crippen molar-refractivity contribution in [3.8, 4) is 5.75 Å². The van der Waals surface area contributed by atoms with Gasteiger partial charge in [0.05, 0.1) is 12.6 Å². The number of halogens is 2. The summed E-state index contributed by atoms with van der Waals surface area (Å²) in [5.41, 5.74) is 2.60. The molecule has 2 heterocycles. The van der Waals surface area contributed by atoms with Crippen LogP contribution in [0, 0.1) is 11.7 Å². The maximum Gasteiger partial charge on any atom is 0.321 e. The molecular weight excluding hydrogens is 424 g/mol. The van der Waals surface area contributed by atoms with Crippen LogP contribution in [0.2, 0.25) is 0 Å². The smallest absolute Gasteiger partial charge is 0.321 e. The van der Waals surface area contributed by atoms with E-state index < -0.39 is 12.2 Å². The molecule has 1 saturated heterocycles. The number of likely N-dealkylation sites (tertiary alicyclic amines) is 1. The van der Waals surface area contributed by atoms with E-state index in [4.69, 9.17) is 4.74 Å². The Morgan fingerprint density at radius 3 is 2.55 bits per heavy atom. The molecule has 0 N–H and O–H groups in total. The van der Waals surface area contributed by atoms with Gasteiger partial charge in [0.2, 0.25) is 0 Å². The predicted octanol–water partition coefficient (Wildman–Crippen LogP) is 4.84. The second-order valence-electron chi connectivity index (χ2n) is 9.66. The van der Waals surface area contributed by atoms with E-state index >= 15 is 4.39 Å². The highest BCUT2D eigenvalue weighted by molar-refractivity contribution is 5.76. The van der Waals surface area contributed by atoms with Crippen molar-refractivity contribution in [3.63, 3.8) is 0 Å². The Kier molecular flexibility index (Phi) is 7.17. The van der Waals surface area contributed by atoms with Crippen molar-refractivity contribution in [1.29, 1.82) is 0 Å². The summed E-state index contributed by atoms with van der Waals surface area (Å²) < 4.78 is 34.8. The molecule has 33 heavy (non-hydrogen) atoms. The van der Waals surface area contributed by atoms with Gasteiger partial charge in [0.15, 0.2) is 0 Å². The fourth-order valence-electron chi connectivity index (χ4n) is 4.55. The Hall–Kier alpha value is -2.67. The maximum absolute atomic E-state index is 15.0. The van der Waals surface area contributed by atoms with Crippen LogP contribution in [0.5, 0.6) is 5.75 Å². The van der Waals surface area contributed by atoms with Crippen LogP contribution in [-0.2, 0) is 19.6 Å². The average Bonchev–Trinajstić information content (AvgIpc) is 2.90. The largest absolute Gasteiger partial charge is 0.493 e. The standard InChI is InChI=1S/C26H33F2N3O2/c1-18(2)17-33-23-8-4-19(5-9-23)13-30-14-20-6-7-22(27)12-21(20)15-31(26(30)32)25-10-11-29(3)16-24(25)28/h4-9,12,18,24-25H,10-11,13-17H2,1-3H3/t24-,25-/m0/s1. The molecule has 0 aliphatic carbocycles. The minimum Gasteiger partial charge on any atom is -0.493 e. The Labute approximate surface area is 194 Å². The first-order valence-electron chi connectivity index (χ1n) is 11.7. The fraction of sp³-hybridized carbons (Fsp3) is 0.500. The van der Waals surface area contributed by atoms with Crippen molar-refractivity contribution in [2.45, 2.75) is 52.1 Å². The maximum atomic E-state index is 15.0. The molecule has 2 amide bonds. The van der Waals surface area contributed by atoms with E-state index in [0.29, 0.717) is 38.6 Å². The van der Waals surface area contributed by atoms with Crippen LogP contribution in [0.3, 0.4) is 0 Å². The van der Waals surface area contributed by atoms with Crippen molar-refractivity contribution in [3.05, 3.63) is 65.0 Å². The molecule has 0 unspecified atom stereocenters. The number of nitrogens with zero attached hydrogens (tertiary/aromatic N) is 3. The lowest BCUT2D eigenvalue weighted by Gasteiger charge is -2.40. The molecule has 1 fully saturated rings. The quantitative estimate of drug-likeness (QED) is 0.623. The number of hydrogen-bond donors (Lipinski definition) is 0. The molecule has 2 aromatic carbocycles. The third-order valence-corrected chi connectivity index (χ3v) is 6.38. The summed E-state index contributed by atoms with van der Waals surface area (Å²) in [5, 5.41) is 0. The van der Waals surface area contributed by atoms with E-state index in [-0.39, 0.29) is 18.4 Å². The summed E-state index contributed by atoms with van der Waals surface area (Å²) in [4.78, 5) is 18.9. The number of piperidine rings is 1. The van der Waals surface area contributed by atoms with E-state index in [9.17, 15) is 9.18 Å². The zero-order valence-corrected chi connectivity index (χ0v) is 19.6. The number of carbonyl (C=O) groups excluding carboxylic acids is 1. The molecule has 4 rings (SSSR count).